The summed E-state index contributed by atoms with van der Waals surface area (Å²) >= 11 is 1.77. The molecule has 5 nitrogen and oxygen atoms in total. The van der Waals surface area contributed by atoms with Gasteiger partial charge in [-0.2, -0.15) is 4.98 Å². The molecule has 0 unspecified atom stereocenters. The van der Waals surface area contributed by atoms with Gasteiger partial charge in [0.15, 0.2) is 5.82 Å². The molecule has 0 N–H and O–H groups in total. The van der Waals surface area contributed by atoms with Crippen molar-refractivity contribution in [1.29, 1.82) is 0 Å². The van der Waals surface area contributed by atoms with E-state index in [4.69, 9.17) is 9.51 Å². The van der Waals surface area contributed by atoms with E-state index < -0.39 is 0 Å². The van der Waals surface area contributed by atoms with E-state index in [0.717, 1.165) is 44.2 Å². The molecule has 2 aromatic rings. The van der Waals surface area contributed by atoms with Gasteiger partial charge >= 0.3 is 0 Å². The molecule has 0 spiro atoms. The molecule has 1 saturated heterocycles. The molecule has 0 atom stereocenters. The molecule has 0 bridgehead atoms. The number of nitrogens with zero attached hydrogens (tertiary/aromatic N) is 4. The summed E-state index contributed by atoms with van der Waals surface area (Å²) in [4.78, 5) is 11.6. The van der Waals surface area contributed by atoms with E-state index in [9.17, 15) is 0 Å². The van der Waals surface area contributed by atoms with Crippen LogP contribution in [0.2, 0.25) is 0 Å². The van der Waals surface area contributed by atoms with Crippen molar-refractivity contribution in [2.24, 2.45) is 0 Å². The number of likely N-dealkylation sites (tertiary alicyclic amines) is 1. The summed E-state index contributed by atoms with van der Waals surface area (Å²) in [6, 6.07) is 0. The van der Waals surface area contributed by atoms with Gasteiger partial charge < -0.3 is 4.52 Å². The van der Waals surface area contributed by atoms with Crippen LogP contribution in [-0.2, 0) is 12.0 Å². The van der Waals surface area contributed by atoms with Gasteiger partial charge in [0.25, 0.3) is 0 Å². The summed E-state index contributed by atoms with van der Waals surface area (Å²) in [6.45, 7) is 11.6. The summed E-state index contributed by atoms with van der Waals surface area (Å²) in [6.07, 6.45) is 2.16. The first-order valence-corrected chi connectivity index (χ1v) is 8.77. The third-order valence-electron chi connectivity index (χ3n) is 4.06. The van der Waals surface area contributed by atoms with Crippen molar-refractivity contribution in [2.75, 3.05) is 13.1 Å². The maximum absolute atomic E-state index is 5.31. The third-order valence-corrected chi connectivity index (χ3v) is 5.38. The van der Waals surface area contributed by atoms with Crippen LogP contribution in [0.4, 0.5) is 0 Å². The van der Waals surface area contributed by atoms with Gasteiger partial charge in [-0.15, -0.1) is 11.3 Å². The lowest BCUT2D eigenvalue weighted by atomic mass is 9.96. The molecule has 22 heavy (non-hydrogen) atoms. The van der Waals surface area contributed by atoms with Crippen LogP contribution in [0, 0.1) is 6.92 Å². The summed E-state index contributed by atoms with van der Waals surface area (Å²) < 4.78 is 5.31. The van der Waals surface area contributed by atoms with Crippen LogP contribution in [0.3, 0.4) is 0 Å². The van der Waals surface area contributed by atoms with Gasteiger partial charge in [0, 0.05) is 23.3 Å². The SMILES string of the molecule is Cc1noc(C2CCN(Cc3csc(C(C)(C)C)n3)CC2)n1. The minimum absolute atomic E-state index is 0.145. The average molecular weight is 320 g/mol. The van der Waals surface area contributed by atoms with E-state index in [1.165, 1.54) is 10.7 Å². The zero-order chi connectivity index (χ0) is 15.7. The zero-order valence-electron chi connectivity index (χ0n) is 13.8. The van der Waals surface area contributed by atoms with Gasteiger partial charge in [-0.3, -0.25) is 4.90 Å². The van der Waals surface area contributed by atoms with Crippen LogP contribution in [0.15, 0.2) is 9.90 Å². The predicted octanol–water partition coefficient (Wildman–Crippen LogP) is 3.51. The summed E-state index contributed by atoms with van der Waals surface area (Å²) in [5, 5.41) is 7.32. The van der Waals surface area contributed by atoms with Gasteiger partial charge in [-0.05, 0) is 32.9 Å². The lowest BCUT2D eigenvalue weighted by molar-refractivity contribution is 0.186. The Balaban J connectivity index is 1.55. The molecule has 6 heteroatoms. The smallest absolute Gasteiger partial charge is 0.229 e. The Morgan fingerprint density at radius 2 is 2.00 bits per heavy atom. The highest BCUT2D eigenvalue weighted by atomic mass is 32.1. The molecule has 0 saturated carbocycles. The van der Waals surface area contributed by atoms with Gasteiger partial charge in [0.1, 0.15) is 0 Å². The van der Waals surface area contributed by atoms with Crippen LogP contribution in [0.1, 0.15) is 61.9 Å². The minimum atomic E-state index is 0.145. The van der Waals surface area contributed by atoms with Crippen molar-refractivity contribution in [3.05, 3.63) is 27.8 Å². The first-order chi connectivity index (χ1) is 10.4. The number of hydrogen-bond donors (Lipinski definition) is 0. The highest BCUT2D eigenvalue weighted by Gasteiger charge is 2.25. The molecule has 1 fully saturated rings. The lowest BCUT2D eigenvalue weighted by Crippen LogP contribution is -2.32. The third kappa shape index (κ3) is 3.55. The Labute approximate surface area is 135 Å². The number of rotatable bonds is 3. The van der Waals surface area contributed by atoms with Gasteiger partial charge in [-0.1, -0.05) is 25.9 Å². The second kappa shape index (κ2) is 6.08. The van der Waals surface area contributed by atoms with Crippen molar-refractivity contribution >= 4 is 11.3 Å². The van der Waals surface area contributed by atoms with E-state index in [2.05, 4.69) is 41.2 Å². The topological polar surface area (TPSA) is 55.1 Å². The molecule has 0 aromatic carbocycles. The Morgan fingerprint density at radius 1 is 1.27 bits per heavy atom. The summed E-state index contributed by atoms with van der Waals surface area (Å²) in [5.41, 5.74) is 1.34. The van der Waals surface area contributed by atoms with E-state index in [1.54, 1.807) is 11.3 Å². The zero-order valence-corrected chi connectivity index (χ0v) is 14.6. The Hall–Kier alpha value is -1.27. The fourth-order valence-corrected chi connectivity index (χ4v) is 3.67. The van der Waals surface area contributed by atoms with E-state index in [1.807, 2.05) is 6.92 Å². The summed E-state index contributed by atoms with van der Waals surface area (Å²) in [7, 11) is 0. The molecule has 2 aromatic heterocycles. The highest BCUT2D eigenvalue weighted by Crippen LogP contribution is 2.29. The molecule has 0 amide bonds. The van der Waals surface area contributed by atoms with Crippen LogP contribution in [0.25, 0.3) is 0 Å². The van der Waals surface area contributed by atoms with E-state index >= 15 is 0 Å². The van der Waals surface area contributed by atoms with Crippen LogP contribution < -0.4 is 0 Å². The molecule has 3 heterocycles. The molecule has 1 aliphatic rings. The Morgan fingerprint density at radius 3 is 2.55 bits per heavy atom. The minimum Gasteiger partial charge on any atom is -0.339 e. The van der Waals surface area contributed by atoms with Crippen molar-refractivity contribution in [1.82, 2.24) is 20.0 Å². The predicted molar refractivity (Wildman–Crippen MR) is 87.1 cm³/mol. The lowest BCUT2D eigenvalue weighted by Gasteiger charge is -2.29. The number of thiazole rings is 1. The highest BCUT2D eigenvalue weighted by molar-refractivity contribution is 7.09. The second-order valence-electron chi connectivity index (χ2n) is 7.12. The molecular formula is C16H24N4OS. The number of hydrogen-bond acceptors (Lipinski definition) is 6. The van der Waals surface area contributed by atoms with Crippen molar-refractivity contribution in [3.63, 3.8) is 0 Å². The molecule has 1 aliphatic heterocycles. The summed E-state index contributed by atoms with van der Waals surface area (Å²) in [5.74, 6) is 1.95. The number of piperidine rings is 1. The maximum atomic E-state index is 5.31. The van der Waals surface area contributed by atoms with Crippen molar-refractivity contribution in [3.8, 4) is 0 Å². The molecule has 3 rings (SSSR count). The first kappa shape index (κ1) is 15.6. The fraction of sp³-hybridized carbons (Fsp3) is 0.688. The van der Waals surface area contributed by atoms with Gasteiger partial charge in [-0.25, -0.2) is 4.98 Å². The molecule has 0 radical (unpaired) electrons. The standard InChI is InChI=1S/C16H24N4OS/c1-11-17-14(21-19-11)12-5-7-20(8-6-12)9-13-10-22-15(18-13)16(2,3)4/h10,12H,5-9H2,1-4H3. The number of aryl methyl sites for hydroxylation is 1. The van der Waals surface area contributed by atoms with Crippen LogP contribution in [0.5, 0.6) is 0 Å². The van der Waals surface area contributed by atoms with Crippen LogP contribution in [-0.4, -0.2) is 33.1 Å². The second-order valence-corrected chi connectivity index (χ2v) is 7.98. The molecule has 120 valence electrons. The van der Waals surface area contributed by atoms with Crippen molar-refractivity contribution < 1.29 is 4.52 Å². The van der Waals surface area contributed by atoms with Crippen LogP contribution >= 0.6 is 11.3 Å². The Bertz CT molecular complexity index is 620. The molecular weight excluding hydrogens is 296 g/mol. The molecule has 0 aliphatic carbocycles. The normalized spacial score (nSPS) is 18.0. The first-order valence-electron chi connectivity index (χ1n) is 7.89. The van der Waals surface area contributed by atoms with E-state index in [0.29, 0.717) is 5.92 Å². The Kier molecular flexibility index (Phi) is 4.32. The van der Waals surface area contributed by atoms with Gasteiger partial charge in [0.05, 0.1) is 10.7 Å². The monoisotopic (exact) mass is 320 g/mol. The number of aromatic nitrogens is 3. The maximum Gasteiger partial charge on any atom is 0.229 e. The van der Waals surface area contributed by atoms with Crippen molar-refractivity contribution in [2.45, 2.75) is 58.4 Å². The average Bonchev–Trinajstić information content (AvgIpc) is 3.08. The van der Waals surface area contributed by atoms with Gasteiger partial charge in [0.2, 0.25) is 5.89 Å². The van der Waals surface area contributed by atoms with E-state index in [-0.39, 0.29) is 5.41 Å². The quantitative estimate of drug-likeness (QED) is 0.866. The fourth-order valence-electron chi connectivity index (χ4n) is 2.77. The largest absolute Gasteiger partial charge is 0.339 e.